The molecule has 1 amide bonds. The number of nitrogens with zero attached hydrogens (tertiary/aromatic N) is 3. The van der Waals surface area contributed by atoms with Crippen LogP contribution in [0.1, 0.15) is 13.8 Å². The second-order valence-electron chi connectivity index (χ2n) is 6.13. The first-order chi connectivity index (χ1) is 12.4. The minimum absolute atomic E-state index is 0.00292. The zero-order valence-electron chi connectivity index (χ0n) is 15.2. The summed E-state index contributed by atoms with van der Waals surface area (Å²) < 4.78 is 1.66. The van der Waals surface area contributed by atoms with Crippen LogP contribution in [0.4, 0.5) is 0 Å². The number of amides is 1. The van der Waals surface area contributed by atoms with Crippen molar-refractivity contribution in [1.29, 1.82) is 0 Å². The zero-order valence-corrected chi connectivity index (χ0v) is 16.9. The highest BCUT2D eigenvalue weighted by atomic mass is 32.2. The molecule has 0 bridgehead atoms. The highest BCUT2D eigenvalue weighted by Gasteiger charge is 2.22. The van der Waals surface area contributed by atoms with Gasteiger partial charge in [0.05, 0.1) is 10.6 Å². The number of aromatic nitrogens is 2. The molecule has 1 atom stereocenters. The lowest BCUT2D eigenvalue weighted by Gasteiger charge is -2.17. The van der Waals surface area contributed by atoms with Gasteiger partial charge in [0.15, 0.2) is 5.16 Å². The topological polar surface area (TPSA) is 55.2 Å². The van der Waals surface area contributed by atoms with Crippen molar-refractivity contribution in [3.63, 3.8) is 0 Å². The van der Waals surface area contributed by atoms with Gasteiger partial charge in [0.1, 0.15) is 4.83 Å². The Morgan fingerprint density at radius 3 is 2.62 bits per heavy atom. The molecule has 0 aliphatic rings. The smallest absolute Gasteiger partial charge is 0.263 e. The zero-order chi connectivity index (χ0) is 18.8. The van der Waals surface area contributed by atoms with Gasteiger partial charge < -0.3 is 4.90 Å². The lowest BCUT2D eigenvalue weighted by molar-refractivity contribution is -0.127. The standard InChI is InChI=1S/C19H21N3O2S2/c1-5-22-18(24)15-14(13-9-7-6-8-10-13)11-25-16(15)20-19(22)26-12(2)17(23)21(3)4/h6-12H,5H2,1-4H3/t12-/m1/s1. The molecule has 3 rings (SSSR count). The largest absolute Gasteiger partial charge is 0.348 e. The summed E-state index contributed by atoms with van der Waals surface area (Å²) in [6.07, 6.45) is 0. The van der Waals surface area contributed by atoms with Crippen LogP contribution in [0.25, 0.3) is 21.3 Å². The van der Waals surface area contributed by atoms with Gasteiger partial charge in [0.2, 0.25) is 5.91 Å². The van der Waals surface area contributed by atoms with Gasteiger partial charge in [-0.15, -0.1) is 11.3 Å². The van der Waals surface area contributed by atoms with Crippen molar-refractivity contribution in [2.45, 2.75) is 30.8 Å². The molecule has 2 aromatic heterocycles. The maximum Gasteiger partial charge on any atom is 0.263 e. The Morgan fingerprint density at radius 1 is 1.31 bits per heavy atom. The molecule has 0 radical (unpaired) electrons. The molecule has 0 saturated carbocycles. The molecule has 0 unspecified atom stereocenters. The predicted molar refractivity (Wildman–Crippen MR) is 109 cm³/mol. The number of hydrogen-bond acceptors (Lipinski definition) is 5. The summed E-state index contributed by atoms with van der Waals surface area (Å²) in [5, 5.41) is 2.92. The first-order valence-electron chi connectivity index (χ1n) is 8.39. The number of carbonyl (C=O) groups is 1. The lowest BCUT2D eigenvalue weighted by atomic mass is 10.1. The number of fused-ring (bicyclic) bond motifs is 1. The fraction of sp³-hybridized carbons (Fsp3) is 0.316. The van der Waals surface area contributed by atoms with Gasteiger partial charge in [-0.25, -0.2) is 4.98 Å². The third kappa shape index (κ3) is 3.41. The molecule has 5 nitrogen and oxygen atoms in total. The van der Waals surface area contributed by atoms with Gasteiger partial charge in [0, 0.05) is 31.6 Å². The van der Waals surface area contributed by atoms with E-state index in [4.69, 9.17) is 4.98 Å². The second kappa shape index (κ2) is 7.63. The molecule has 2 heterocycles. The van der Waals surface area contributed by atoms with E-state index in [1.54, 1.807) is 23.6 Å². The summed E-state index contributed by atoms with van der Waals surface area (Å²) in [6.45, 7) is 4.27. The van der Waals surface area contributed by atoms with Gasteiger partial charge in [-0.05, 0) is 19.4 Å². The molecular weight excluding hydrogens is 366 g/mol. The predicted octanol–water partition coefficient (Wildman–Crippen LogP) is 3.71. The van der Waals surface area contributed by atoms with E-state index >= 15 is 0 Å². The fourth-order valence-corrected chi connectivity index (χ4v) is 4.88. The number of carbonyl (C=O) groups excluding carboxylic acids is 1. The van der Waals surface area contributed by atoms with E-state index in [2.05, 4.69) is 0 Å². The Hall–Kier alpha value is -2.12. The SMILES string of the molecule is CCn1c(S[C@H](C)C(=O)N(C)C)nc2scc(-c3ccccc3)c2c1=O. The van der Waals surface area contributed by atoms with E-state index in [-0.39, 0.29) is 16.7 Å². The number of hydrogen-bond donors (Lipinski definition) is 0. The summed E-state index contributed by atoms with van der Waals surface area (Å²) in [4.78, 5) is 32.3. The van der Waals surface area contributed by atoms with Gasteiger partial charge in [-0.1, -0.05) is 42.1 Å². The van der Waals surface area contributed by atoms with Gasteiger partial charge >= 0.3 is 0 Å². The average Bonchev–Trinajstić information content (AvgIpc) is 3.06. The Bertz CT molecular complexity index is 993. The maximum absolute atomic E-state index is 13.1. The summed E-state index contributed by atoms with van der Waals surface area (Å²) in [5.74, 6) is 0.00292. The molecule has 26 heavy (non-hydrogen) atoms. The first-order valence-corrected chi connectivity index (χ1v) is 10.1. The van der Waals surface area contributed by atoms with Crippen LogP contribution < -0.4 is 5.56 Å². The van der Waals surface area contributed by atoms with Crippen LogP contribution in [0.3, 0.4) is 0 Å². The summed E-state index contributed by atoms with van der Waals surface area (Å²) in [7, 11) is 3.46. The van der Waals surface area contributed by atoms with E-state index in [1.807, 2.05) is 49.6 Å². The fourth-order valence-electron chi connectivity index (χ4n) is 2.78. The average molecular weight is 388 g/mol. The van der Waals surface area contributed by atoms with E-state index in [9.17, 15) is 9.59 Å². The monoisotopic (exact) mass is 387 g/mol. The number of benzene rings is 1. The normalized spacial score (nSPS) is 12.3. The van der Waals surface area contributed by atoms with Crippen molar-refractivity contribution in [3.05, 3.63) is 46.1 Å². The Labute approximate surface area is 160 Å². The minimum atomic E-state index is -0.305. The molecule has 0 spiro atoms. The van der Waals surface area contributed by atoms with Gasteiger partial charge in [-0.2, -0.15) is 0 Å². The molecule has 0 saturated heterocycles. The highest BCUT2D eigenvalue weighted by Crippen LogP contribution is 2.32. The molecule has 136 valence electrons. The van der Waals surface area contributed by atoms with Crippen molar-refractivity contribution in [1.82, 2.24) is 14.5 Å². The van der Waals surface area contributed by atoms with Crippen molar-refractivity contribution >= 4 is 39.2 Å². The van der Waals surface area contributed by atoms with Gasteiger partial charge in [-0.3, -0.25) is 14.2 Å². The van der Waals surface area contributed by atoms with Crippen LogP contribution in [0.15, 0.2) is 45.7 Å². The Morgan fingerprint density at radius 2 is 2.00 bits per heavy atom. The summed E-state index contributed by atoms with van der Waals surface area (Å²) in [5.41, 5.74) is 1.88. The van der Waals surface area contributed by atoms with E-state index in [0.717, 1.165) is 11.1 Å². The van der Waals surface area contributed by atoms with Crippen molar-refractivity contribution in [2.75, 3.05) is 14.1 Å². The van der Waals surface area contributed by atoms with Crippen LogP contribution in [0.2, 0.25) is 0 Å². The van der Waals surface area contributed by atoms with Crippen molar-refractivity contribution < 1.29 is 4.79 Å². The molecule has 3 aromatic rings. The van der Waals surface area contributed by atoms with Crippen LogP contribution >= 0.6 is 23.1 Å². The third-order valence-corrected chi connectivity index (χ3v) is 6.08. The quantitative estimate of drug-likeness (QED) is 0.495. The maximum atomic E-state index is 13.1. The number of rotatable bonds is 5. The van der Waals surface area contributed by atoms with Crippen molar-refractivity contribution in [3.8, 4) is 11.1 Å². The number of thioether (sulfide) groups is 1. The van der Waals surface area contributed by atoms with E-state index in [0.29, 0.717) is 21.9 Å². The van der Waals surface area contributed by atoms with E-state index < -0.39 is 0 Å². The molecule has 1 aromatic carbocycles. The second-order valence-corrected chi connectivity index (χ2v) is 8.30. The van der Waals surface area contributed by atoms with Gasteiger partial charge in [0.25, 0.3) is 5.56 Å². The molecule has 0 fully saturated rings. The van der Waals surface area contributed by atoms with Crippen LogP contribution in [-0.4, -0.2) is 39.7 Å². The lowest BCUT2D eigenvalue weighted by Crippen LogP contribution is -2.31. The molecule has 7 heteroatoms. The van der Waals surface area contributed by atoms with Crippen LogP contribution in [-0.2, 0) is 11.3 Å². The van der Waals surface area contributed by atoms with Crippen LogP contribution in [0, 0.1) is 0 Å². The summed E-state index contributed by atoms with van der Waals surface area (Å²) in [6, 6.07) is 9.88. The molecule has 0 aliphatic heterocycles. The minimum Gasteiger partial charge on any atom is -0.348 e. The molecular formula is C19H21N3O2S2. The first kappa shape index (κ1) is 18.7. The molecule has 0 N–H and O–H groups in total. The Kier molecular flexibility index (Phi) is 5.48. The van der Waals surface area contributed by atoms with E-state index in [1.165, 1.54) is 23.1 Å². The molecule has 0 aliphatic carbocycles. The highest BCUT2D eigenvalue weighted by molar-refractivity contribution is 8.00. The van der Waals surface area contributed by atoms with Crippen molar-refractivity contribution in [2.24, 2.45) is 0 Å². The number of thiophene rings is 1. The Balaban J connectivity index is 2.11. The third-order valence-electron chi connectivity index (χ3n) is 4.13. The van der Waals surface area contributed by atoms with Crippen LogP contribution in [0.5, 0.6) is 0 Å². The summed E-state index contributed by atoms with van der Waals surface area (Å²) >= 11 is 2.80.